The maximum absolute atomic E-state index is 13.9. The van der Waals surface area contributed by atoms with Crippen LogP contribution in [0.2, 0.25) is 0 Å². The van der Waals surface area contributed by atoms with Gasteiger partial charge in [-0.05, 0) is 35.9 Å². The first-order valence-electron chi connectivity index (χ1n) is 6.42. The van der Waals surface area contributed by atoms with Gasteiger partial charge in [-0.1, -0.05) is 12.1 Å². The SMILES string of the molecule is N#CCNC(=O)c1ccc(OCc2cccc(F)c2)c(F)c1. The number of hydrogen-bond acceptors (Lipinski definition) is 3. The monoisotopic (exact) mass is 302 g/mol. The largest absolute Gasteiger partial charge is 0.486 e. The van der Waals surface area contributed by atoms with Crippen molar-refractivity contribution in [3.63, 3.8) is 0 Å². The Balaban J connectivity index is 2.04. The lowest BCUT2D eigenvalue weighted by Crippen LogP contribution is -2.23. The molecule has 6 heteroatoms. The Kier molecular flexibility index (Phi) is 5.04. The van der Waals surface area contributed by atoms with Crippen LogP contribution in [-0.4, -0.2) is 12.5 Å². The normalized spacial score (nSPS) is 9.86. The summed E-state index contributed by atoms with van der Waals surface area (Å²) >= 11 is 0. The van der Waals surface area contributed by atoms with E-state index in [1.54, 1.807) is 12.1 Å². The van der Waals surface area contributed by atoms with Gasteiger partial charge in [0.15, 0.2) is 11.6 Å². The Morgan fingerprint density at radius 1 is 1.23 bits per heavy atom. The molecule has 0 spiro atoms. The molecule has 1 N–H and O–H groups in total. The second kappa shape index (κ2) is 7.18. The first kappa shape index (κ1) is 15.4. The molecule has 0 aliphatic carbocycles. The fraction of sp³-hybridized carbons (Fsp3) is 0.125. The molecule has 0 aromatic heterocycles. The summed E-state index contributed by atoms with van der Waals surface area (Å²) in [6.45, 7) is -0.146. The Hall–Kier alpha value is -2.94. The van der Waals surface area contributed by atoms with E-state index in [0.29, 0.717) is 5.56 Å². The smallest absolute Gasteiger partial charge is 0.252 e. The minimum atomic E-state index is -0.707. The fourth-order valence-electron chi connectivity index (χ4n) is 1.77. The third-order valence-corrected chi connectivity index (χ3v) is 2.81. The number of carbonyl (C=O) groups excluding carboxylic acids is 1. The zero-order valence-electron chi connectivity index (χ0n) is 11.5. The highest BCUT2D eigenvalue weighted by Crippen LogP contribution is 2.20. The van der Waals surface area contributed by atoms with Gasteiger partial charge in [-0.3, -0.25) is 4.79 Å². The summed E-state index contributed by atoms with van der Waals surface area (Å²) in [7, 11) is 0. The summed E-state index contributed by atoms with van der Waals surface area (Å²) < 4.78 is 32.2. The van der Waals surface area contributed by atoms with Gasteiger partial charge in [-0.15, -0.1) is 0 Å². The van der Waals surface area contributed by atoms with Crippen LogP contribution in [0.25, 0.3) is 0 Å². The number of hydrogen-bond donors (Lipinski definition) is 1. The zero-order chi connectivity index (χ0) is 15.9. The first-order valence-corrected chi connectivity index (χ1v) is 6.42. The number of benzene rings is 2. The van der Waals surface area contributed by atoms with Crippen molar-refractivity contribution in [2.75, 3.05) is 6.54 Å². The fourth-order valence-corrected chi connectivity index (χ4v) is 1.77. The maximum atomic E-state index is 13.9. The van der Waals surface area contributed by atoms with E-state index in [0.717, 1.165) is 6.07 Å². The first-order chi connectivity index (χ1) is 10.6. The van der Waals surface area contributed by atoms with Crippen LogP contribution in [0.4, 0.5) is 8.78 Å². The number of ether oxygens (including phenoxy) is 1. The van der Waals surface area contributed by atoms with Crippen molar-refractivity contribution in [2.24, 2.45) is 0 Å². The lowest BCUT2D eigenvalue weighted by molar-refractivity contribution is 0.0958. The molecule has 1 amide bonds. The van der Waals surface area contributed by atoms with E-state index >= 15 is 0 Å². The second-order valence-electron chi connectivity index (χ2n) is 4.40. The Bertz CT molecular complexity index is 726. The Morgan fingerprint density at radius 3 is 2.73 bits per heavy atom. The number of amides is 1. The molecule has 112 valence electrons. The molecule has 0 aliphatic rings. The standard InChI is InChI=1S/C16H12F2N2O2/c17-13-3-1-2-11(8-13)10-22-15-5-4-12(9-14(15)18)16(21)20-7-6-19/h1-5,8-9H,7,10H2,(H,20,21). The summed E-state index contributed by atoms with van der Waals surface area (Å²) in [5.74, 6) is -1.69. The van der Waals surface area contributed by atoms with E-state index in [9.17, 15) is 13.6 Å². The predicted molar refractivity (Wildman–Crippen MR) is 75.1 cm³/mol. The average Bonchev–Trinajstić information content (AvgIpc) is 2.51. The quantitative estimate of drug-likeness (QED) is 0.864. The van der Waals surface area contributed by atoms with Gasteiger partial charge < -0.3 is 10.1 Å². The van der Waals surface area contributed by atoms with Gasteiger partial charge in [0.2, 0.25) is 0 Å². The third kappa shape index (κ3) is 4.03. The maximum Gasteiger partial charge on any atom is 0.252 e. The van der Waals surface area contributed by atoms with E-state index in [4.69, 9.17) is 10.00 Å². The van der Waals surface area contributed by atoms with E-state index in [1.165, 1.54) is 30.3 Å². The van der Waals surface area contributed by atoms with Gasteiger partial charge in [0.05, 0.1) is 6.07 Å². The van der Waals surface area contributed by atoms with Crippen LogP contribution in [-0.2, 0) is 6.61 Å². The average molecular weight is 302 g/mol. The van der Waals surface area contributed by atoms with Gasteiger partial charge in [0.1, 0.15) is 19.0 Å². The van der Waals surface area contributed by atoms with Crippen LogP contribution in [0, 0.1) is 23.0 Å². The highest BCUT2D eigenvalue weighted by Gasteiger charge is 2.10. The van der Waals surface area contributed by atoms with Gasteiger partial charge in [0.25, 0.3) is 5.91 Å². The molecule has 0 saturated carbocycles. The second-order valence-corrected chi connectivity index (χ2v) is 4.40. The van der Waals surface area contributed by atoms with Crippen molar-refractivity contribution in [3.8, 4) is 11.8 Å². The van der Waals surface area contributed by atoms with Crippen LogP contribution in [0.3, 0.4) is 0 Å². The number of halogens is 2. The summed E-state index contributed by atoms with van der Waals surface area (Å²) in [6, 6.07) is 11.3. The van der Waals surface area contributed by atoms with Crippen LogP contribution in [0.15, 0.2) is 42.5 Å². The highest BCUT2D eigenvalue weighted by molar-refractivity contribution is 5.94. The van der Waals surface area contributed by atoms with Crippen molar-refractivity contribution in [3.05, 3.63) is 65.2 Å². The molecular formula is C16H12F2N2O2. The van der Waals surface area contributed by atoms with Gasteiger partial charge in [-0.25, -0.2) is 8.78 Å². The molecule has 2 aromatic rings. The molecule has 0 radical (unpaired) electrons. The van der Waals surface area contributed by atoms with E-state index in [1.807, 2.05) is 0 Å². The topological polar surface area (TPSA) is 62.1 Å². The Morgan fingerprint density at radius 2 is 2.05 bits per heavy atom. The minimum absolute atomic E-state index is 0.00859. The van der Waals surface area contributed by atoms with E-state index < -0.39 is 17.5 Å². The van der Waals surface area contributed by atoms with E-state index in [2.05, 4.69) is 5.32 Å². The molecule has 0 bridgehead atoms. The zero-order valence-corrected chi connectivity index (χ0v) is 11.5. The van der Waals surface area contributed by atoms with Gasteiger partial charge in [0, 0.05) is 5.56 Å². The van der Waals surface area contributed by atoms with Crippen molar-refractivity contribution in [2.45, 2.75) is 6.61 Å². The Labute approximate surface area is 125 Å². The van der Waals surface area contributed by atoms with Crippen LogP contribution < -0.4 is 10.1 Å². The number of nitrogens with one attached hydrogen (secondary N) is 1. The molecule has 22 heavy (non-hydrogen) atoms. The van der Waals surface area contributed by atoms with Crippen molar-refractivity contribution >= 4 is 5.91 Å². The molecule has 0 aliphatic heterocycles. The number of carbonyl (C=O) groups is 1. The van der Waals surface area contributed by atoms with Crippen molar-refractivity contribution in [1.82, 2.24) is 5.32 Å². The summed E-state index contributed by atoms with van der Waals surface area (Å²) in [4.78, 5) is 11.6. The lowest BCUT2D eigenvalue weighted by atomic mass is 10.2. The number of nitriles is 1. The molecule has 0 atom stereocenters. The van der Waals surface area contributed by atoms with Crippen LogP contribution in [0.1, 0.15) is 15.9 Å². The molecule has 0 saturated heterocycles. The highest BCUT2D eigenvalue weighted by atomic mass is 19.1. The summed E-state index contributed by atoms with van der Waals surface area (Å²) in [6.07, 6.45) is 0. The molecule has 0 fully saturated rings. The molecule has 4 nitrogen and oxygen atoms in total. The van der Waals surface area contributed by atoms with Crippen LogP contribution >= 0.6 is 0 Å². The molecule has 2 aromatic carbocycles. The van der Waals surface area contributed by atoms with Crippen LogP contribution in [0.5, 0.6) is 5.75 Å². The minimum Gasteiger partial charge on any atom is -0.486 e. The predicted octanol–water partition coefficient (Wildman–Crippen LogP) is 2.80. The number of nitrogens with zero attached hydrogens (tertiary/aromatic N) is 1. The lowest BCUT2D eigenvalue weighted by Gasteiger charge is -2.09. The van der Waals surface area contributed by atoms with E-state index in [-0.39, 0.29) is 24.5 Å². The number of rotatable bonds is 5. The summed E-state index contributed by atoms with van der Waals surface area (Å²) in [5.41, 5.74) is 0.654. The molecular weight excluding hydrogens is 290 g/mol. The van der Waals surface area contributed by atoms with Crippen molar-refractivity contribution in [1.29, 1.82) is 5.26 Å². The molecule has 0 unspecified atom stereocenters. The van der Waals surface area contributed by atoms with Crippen molar-refractivity contribution < 1.29 is 18.3 Å². The molecule has 0 heterocycles. The summed E-state index contributed by atoms with van der Waals surface area (Å²) in [5, 5.41) is 10.7. The van der Waals surface area contributed by atoms with Gasteiger partial charge in [-0.2, -0.15) is 5.26 Å². The molecule has 2 rings (SSSR count). The van der Waals surface area contributed by atoms with Gasteiger partial charge >= 0.3 is 0 Å². The third-order valence-electron chi connectivity index (χ3n) is 2.81.